The molecule has 0 saturated heterocycles. The standard InChI is InChI=1S/C65H39N7S/c1-5-21-40(22-6-1)58-59(67-50-33-17-16-32-49(50)66-58)43-37-38-53(48(39-43)65-69-63(41-23-7-2-8-24-41)68-64(70-65)42-25-9-3-10-26-42)72-52-35-19-13-29-45(52)55-56-47-31-15-20-36-54(47)73-62(56)57-46-30-14-18-34-51(46)71(61(57)60(55)72)44-27-11-4-12-28-44/h1-39H. The van der Waals surface area contributed by atoms with Gasteiger partial charge in [0.05, 0.1) is 50.2 Å². The highest BCUT2D eigenvalue weighted by Crippen LogP contribution is 2.52. The predicted molar refractivity (Wildman–Crippen MR) is 302 cm³/mol. The molecule has 15 rings (SSSR count). The summed E-state index contributed by atoms with van der Waals surface area (Å²) in [6.07, 6.45) is 0. The molecule has 0 unspecified atom stereocenters. The third-order valence-corrected chi connectivity index (χ3v) is 15.3. The van der Waals surface area contributed by atoms with Crippen LogP contribution in [0.1, 0.15) is 0 Å². The summed E-state index contributed by atoms with van der Waals surface area (Å²) in [5.41, 5.74) is 14.1. The molecule has 0 amide bonds. The molecule has 0 fully saturated rings. The van der Waals surface area contributed by atoms with Crippen molar-refractivity contribution in [1.29, 1.82) is 0 Å². The maximum atomic E-state index is 5.47. The number of nitrogens with zero attached hydrogens (tertiary/aromatic N) is 7. The molecule has 7 nitrogen and oxygen atoms in total. The Hall–Kier alpha value is -9.63. The summed E-state index contributed by atoms with van der Waals surface area (Å²) in [4.78, 5) is 26.8. The Kier molecular flexibility index (Phi) is 9.30. The lowest BCUT2D eigenvalue weighted by atomic mass is 9.99. The second-order valence-electron chi connectivity index (χ2n) is 18.3. The number of hydrogen-bond donors (Lipinski definition) is 0. The van der Waals surface area contributed by atoms with Gasteiger partial charge >= 0.3 is 0 Å². The summed E-state index contributed by atoms with van der Waals surface area (Å²) in [5.74, 6) is 1.69. The van der Waals surface area contributed by atoms with Gasteiger partial charge in [0.2, 0.25) is 0 Å². The maximum Gasteiger partial charge on any atom is 0.166 e. The third kappa shape index (κ3) is 6.47. The molecule has 0 N–H and O–H groups in total. The fourth-order valence-electron chi connectivity index (χ4n) is 11.0. The Morgan fingerprint density at radius 3 is 1.45 bits per heavy atom. The number of para-hydroxylation sites is 5. The van der Waals surface area contributed by atoms with E-state index in [1.54, 1.807) is 0 Å². The van der Waals surface area contributed by atoms with Crippen molar-refractivity contribution in [2.75, 3.05) is 0 Å². The van der Waals surface area contributed by atoms with Gasteiger partial charge in [-0.05, 0) is 54.6 Å². The fourth-order valence-corrected chi connectivity index (χ4v) is 12.2. The fraction of sp³-hybridized carbons (Fsp3) is 0. The van der Waals surface area contributed by atoms with Crippen molar-refractivity contribution in [2.24, 2.45) is 0 Å². The highest BCUT2D eigenvalue weighted by Gasteiger charge is 2.29. The molecule has 340 valence electrons. The smallest absolute Gasteiger partial charge is 0.166 e. The first-order chi connectivity index (χ1) is 36.2. The molecule has 0 radical (unpaired) electrons. The van der Waals surface area contributed by atoms with E-state index in [0.29, 0.717) is 17.5 Å². The van der Waals surface area contributed by atoms with Crippen molar-refractivity contribution in [1.82, 2.24) is 34.1 Å². The second kappa shape index (κ2) is 16.5. The van der Waals surface area contributed by atoms with E-state index in [2.05, 4.69) is 179 Å². The van der Waals surface area contributed by atoms with Crippen molar-refractivity contribution >= 4 is 86.2 Å². The molecular weight excluding hydrogens is 911 g/mol. The SMILES string of the molecule is c1ccc(-c2nc(-c3ccccc3)nc(-c3cc(-c4nc5ccccc5nc4-c4ccccc4)ccc3-n3c4ccccc4c4c5c6ccccc6sc5c5c6ccccc6n(-c6ccccc6)c5c43)n2)cc1. The summed E-state index contributed by atoms with van der Waals surface area (Å²) in [6, 6.07) is 82.9. The topological polar surface area (TPSA) is 74.3 Å². The highest BCUT2D eigenvalue weighted by atomic mass is 32.1. The molecule has 73 heavy (non-hydrogen) atoms. The van der Waals surface area contributed by atoms with Crippen LogP contribution in [0.3, 0.4) is 0 Å². The Balaban J connectivity index is 1.14. The van der Waals surface area contributed by atoms with Crippen LogP contribution in [0, 0.1) is 0 Å². The van der Waals surface area contributed by atoms with Crippen molar-refractivity contribution in [3.8, 4) is 68.1 Å². The van der Waals surface area contributed by atoms with Crippen LogP contribution < -0.4 is 0 Å². The number of hydrogen-bond acceptors (Lipinski definition) is 6. The summed E-state index contributed by atoms with van der Waals surface area (Å²) >= 11 is 1.88. The zero-order chi connectivity index (χ0) is 48.0. The van der Waals surface area contributed by atoms with Crippen LogP contribution in [0.5, 0.6) is 0 Å². The molecule has 0 aliphatic carbocycles. The summed E-state index contributed by atoms with van der Waals surface area (Å²) < 4.78 is 7.48. The van der Waals surface area contributed by atoms with Gasteiger partial charge in [-0.25, -0.2) is 24.9 Å². The molecule has 8 heteroatoms. The number of aromatic nitrogens is 7. The Labute approximate surface area is 422 Å². The molecule has 0 spiro atoms. The van der Waals surface area contributed by atoms with Gasteiger partial charge in [-0.15, -0.1) is 11.3 Å². The molecular formula is C65H39N7S. The van der Waals surface area contributed by atoms with Gasteiger partial charge in [0, 0.05) is 75.2 Å². The maximum absolute atomic E-state index is 5.47. The van der Waals surface area contributed by atoms with E-state index in [4.69, 9.17) is 24.9 Å². The van der Waals surface area contributed by atoms with E-state index in [1.807, 2.05) is 78.1 Å². The molecule has 15 aromatic rings. The molecule has 10 aromatic carbocycles. The van der Waals surface area contributed by atoms with E-state index in [9.17, 15) is 0 Å². The van der Waals surface area contributed by atoms with Crippen LogP contribution in [0.15, 0.2) is 237 Å². The third-order valence-electron chi connectivity index (χ3n) is 14.1. The van der Waals surface area contributed by atoms with Gasteiger partial charge in [-0.1, -0.05) is 182 Å². The van der Waals surface area contributed by atoms with Crippen molar-refractivity contribution in [3.05, 3.63) is 237 Å². The van der Waals surface area contributed by atoms with E-state index < -0.39 is 0 Å². The second-order valence-corrected chi connectivity index (χ2v) is 19.4. The van der Waals surface area contributed by atoms with Gasteiger partial charge in [-0.3, -0.25) is 0 Å². The largest absolute Gasteiger partial charge is 0.307 e. The minimum Gasteiger partial charge on any atom is -0.307 e. The molecule has 5 aromatic heterocycles. The number of thiophene rings is 1. The summed E-state index contributed by atoms with van der Waals surface area (Å²) in [7, 11) is 0. The molecule has 0 aliphatic heterocycles. The lowest BCUT2D eigenvalue weighted by Gasteiger charge is -2.18. The molecule has 0 aliphatic rings. The van der Waals surface area contributed by atoms with Gasteiger partial charge in [0.1, 0.15) is 0 Å². The Bertz CT molecular complexity index is 4600. The van der Waals surface area contributed by atoms with Crippen LogP contribution in [0.2, 0.25) is 0 Å². The average molecular weight is 950 g/mol. The Morgan fingerprint density at radius 2 is 0.808 bits per heavy atom. The van der Waals surface area contributed by atoms with Crippen LogP contribution in [0.25, 0.3) is 143 Å². The quantitative estimate of drug-likeness (QED) is 0.159. The van der Waals surface area contributed by atoms with Gasteiger partial charge in [0.25, 0.3) is 0 Å². The first kappa shape index (κ1) is 41.2. The van der Waals surface area contributed by atoms with E-state index in [1.165, 1.54) is 36.3 Å². The van der Waals surface area contributed by atoms with E-state index >= 15 is 0 Å². The zero-order valence-corrected chi connectivity index (χ0v) is 39.9. The zero-order valence-electron chi connectivity index (χ0n) is 39.1. The lowest BCUT2D eigenvalue weighted by molar-refractivity contribution is 1.06. The normalized spacial score (nSPS) is 11.8. The first-order valence-corrected chi connectivity index (χ1v) is 25.2. The minimum absolute atomic E-state index is 0.535. The number of fused-ring (bicyclic) bond motifs is 13. The van der Waals surface area contributed by atoms with E-state index in [0.717, 1.165) is 89.1 Å². The average Bonchev–Trinajstić information content (AvgIpc) is 4.14. The van der Waals surface area contributed by atoms with Gasteiger partial charge in [0.15, 0.2) is 17.5 Å². The molecule has 0 bridgehead atoms. The summed E-state index contributed by atoms with van der Waals surface area (Å²) in [6.45, 7) is 0. The molecule has 0 saturated carbocycles. The molecule has 5 heterocycles. The van der Waals surface area contributed by atoms with Crippen LogP contribution >= 0.6 is 11.3 Å². The number of rotatable bonds is 7. The van der Waals surface area contributed by atoms with Gasteiger partial charge < -0.3 is 9.13 Å². The predicted octanol–water partition coefficient (Wildman–Crippen LogP) is 16.7. The summed E-state index contributed by atoms with van der Waals surface area (Å²) in [5, 5.41) is 7.28. The minimum atomic E-state index is 0.535. The van der Waals surface area contributed by atoms with Crippen LogP contribution in [-0.4, -0.2) is 34.1 Å². The lowest BCUT2D eigenvalue weighted by Crippen LogP contribution is -2.05. The Morgan fingerprint density at radius 1 is 0.329 bits per heavy atom. The highest BCUT2D eigenvalue weighted by molar-refractivity contribution is 7.27. The van der Waals surface area contributed by atoms with Crippen molar-refractivity contribution in [3.63, 3.8) is 0 Å². The monoisotopic (exact) mass is 949 g/mol. The molecule has 0 atom stereocenters. The van der Waals surface area contributed by atoms with Crippen molar-refractivity contribution < 1.29 is 0 Å². The number of benzene rings is 10. The van der Waals surface area contributed by atoms with Crippen molar-refractivity contribution in [2.45, 2.75) is 0 Å². The van der Waals surface area contributed by atoms with Crippen LogP contribution in [0.4, 0.5) is 0 Å². The van der Waals surface area contributed by atoms with E-state index in [-0.39, 0.29) is 0 Å². The van der Waals surface area contributed by atoms with Gasteiger partial charge in [-0.2, -0.15) is 0 Å². The first-order valence-electron chi connectivity index (χ1n) is 24.4. The van der Waals surface area contributed by atoms with Crippen LogP contribution in [-0.2, 0) is 0 Å².